The van der Waals surface area contributed by atoms with Crippen molar-refractivity contribution in [3.05, 3.63) is 65.4 Å². The smallest absolute Gasteiger partial charge is 0.356 e. The van der Waals surface area contributed by atoms with Crippen LogP contribution < -0.4 is 4.72 Å². The number of alkyl halides is 3. The zero-order valence-corrected chi connectivity index (χ0v) is 15.1. The van der Waals surface area contributed by atoms with Crippen molar-refractivity contribution in [1.29, 1.82) is 0 Å². The molecule has 1 aromatic heterocycles. The lowest BCUT2D eigenvalue weighted by molar-refractivity contribution is -0.137. The van der Waals surface area contributed by atoms with Crippen LogP contribution in [0.15, 0.2) is 57.9 Å². The normalized spacial score (nSPS) is 12.2. The van der Waals surface area contributed by atoms with E-state index in [0.29, 0.717) is 22.6 Å². The first-order chi connectivity index (χ1) is 12.6. The maximum absolute atomic E-state index is 12.8. The number of hydrogen-bond donors (Lipinski definition) is 1. The van der Waals surface area contributed by atoms with Crippen molar-refractivity contribution in [2.75, 3.05) is 4.72 Å². The number of aryl methyl sites for hydroxylation is 2. The quantitative estimate of drug-likeness (QED) is 0.689. The van der Waals surface area contributed by atoms with Crippen LogP contribution in [-0.4, -0.2) is 13.6 Å². The molecule has 0 bridgehead atoms. The molecule has 142 valence electrons. The van der Waals surface area contributed by atoms with E-state index >= 15 is 0 Å². The summed E-state index contributed by atoms with van der Waals surface area (Å²) < 4.78 is 71.3. The first-order valence-corrected chi connectivity index (χ1v) is 9.29. The summed E-state index contributed by atoms with van der Waals surface area (Å²) in [5, 5.41) is 3.76. The summed E-state index contributed by atoms with van der Waals surface area (Å²) in [6, 6.07) is 10.3. The van der Waals surface area contributed by atoms with Crippen LogP contribution in [0.25, 0.3) is 11.3 Å². The summed E-state index contributed by atoms with van der Waals surface area (Å²) in [4.78, 5) is -0.0635. The Labute approximate surface area is 153 Å². The molecule has 0 saturated heterocycles. The van der Waals surface area contributed by atoms with Gasteiger partial charge in [0.1, 0.15) is 0 Å². The number of rotatable bonds is 4. The van der Waals surface area contributed by atoms with Gasteiger partial charge in [-0.2, -0.15) is 13.2 Å². The number of sulfonamides is 1. The molecule has 3 aromatic rings. The molecule has 0 spiro atoms. The Balaban J connectivity index is 1.98. The van der Waals surface area contributed by atoms with E-state index in [1.165, 1.54) is 12.1 Å². The molecule has 9 heteroatoms. The van der Waals surface area contributed by atoms with Crippen molar-refractivity contribution in [3.8, 4) is 11.3 Å². The van der Waals surface area contributed by atoms with Gasteiger partial charge in [0, 0.05) is 17.3 Å². The third kappa shape index (κ3) is 4.13. The average molecular weight is 396 g/mol. The van der Waals surface area contributed by atoms with E-state index in [4.69, 9.17) is 4.52 Å². The molecule has 3 rings (SSSR count). The topological polar surface area (TPSA) is 72.2 Å². The van der Waals surface area contributed by atoms with Crippen molar-refractivity contribution < 1.29 is 26.1 Å². The molecule has 1 N–H and O–H groups in total. The monoisotopic (exact) mass is 396 g/mol. The molecule has 0 atom stereocenters. The molecule has 0 aliphatic rings. The lowest BCUT2D eigenvalue weighted by Gasteiger charge is -2.13. The highest BCUT2D eigenvalue weighted by molar-refractivity contribution is 7.92. The summed E-state index contributed by atoms with van der Waals surface area (Å²) in [5.41, 5.74) is 0.451. The van der Waals surface area contributed by atoms with E-state index in [0.717, 1.165) is 18.2 Å². The second-order valence-corrected chi connectivity index (χ2v) is 7.65. The van der Waals surface area contributed by atoms with Gasteiger partial charge in [0.2, 0.25) is 0 Å². The van der Waals surface area contributed by atoms with E-state index < -0.39 is 21.8 Å². The zero-order chi connectivity index (χ0) is 19.8. The summed E-state index contributed by atoms with van der Waals surface area (Å²) in [6.07, 6.45) is -4.57. The molecule has 0 aliphatic heterocycles. The van der Waals surface area contributed by atoms with Crippen molar-refractivity contribution in [2.45, 2.75) is 24.9 Å². The fourth-order valence-corrected chi connectivity index (χ4v) is 3.83. The maximum atomic E-state index is 12.8. The lowest BCUT2D eigenvalue weighted by Crippen LogP contribution is -2.15. The lowest BCUT2D eigenvalue weighted by atomic mass is 10.1. The van der Waals surface area contributed by atoms with Gasteiger partial charge in [0.15, 0.2) is 5.76 Å². The highest BCUT2D eigenvalue weighted by Gasteiger charge is 2.31. The molecule has 1 heterocycles. The van der Waals surface area contributed by atoms with E-state index in [-0.39, 0.29) is 10.6 Å². The Bertz CT molecular complexity index is 1090. The standard InChI is InChI=1S/C18H15F3N2O3S/c1-11-6-7-13(16-8-12(2)22-26-16)9-17(11)27(24,25)23-15-5-3-4-14(10-15)18(19,20)21/h3-10,23H,1-2H3. The number of aromatic nitrogens is 1. The first-order valence-electron chi connectivity index (χ1n) is 7.81. The van der Waals surface area contributed by atoms with Crippen LogP contribution >= 0.6 is 0 Å². The molecule has 5 nitrogen and oxygen atoms in total. The highest BCUT2D eigenvalue weighted by atomic mass is 32.2. The minimum absolute atomic E-state index is 0.0635. The van der Waals surface area contributed by atoms with Crippen LogP contribution in [0.3, 0.4) is 0 Å². The van der Waals surface area contributed by atoms with Crippen LogP contribution in [0, 0.1) is 13.8 Å². The molecule has 0 amide bonds. The summed E-state index contributed by atoms with van der Waals surface area (Å²) in [7, 11) is -4.11. The molecule has 0 aliphatic carbocycles. The fraction of sp³-hybridized carbons (Fsp3) is 0.167. The number of nitrogens with one attached hydrogen (secondary N) is 1. The van der Waals surface area contributed by atoms with Crippen LogP contribution in [0.4, 0.5) is 18.9 Å². The SMILES string of the molecule is Cc1cc(-c2ccc(C)c(S(=O)(=O)Nc3cccc(C(F)(F)F)c3)c2)on1. The van der Waals surface area contributed by atoms with Crippen molar-refractivity contribution in [3.63, 3.8) is 0 Å². The minimum Gasteiger partial charge on any atom is -0.356 e. The number of anilines is 1. The minimum atomic E-state index is -4.57. The Kier molecular flexibility index (Phi) is 4.73. The van der Waals surface area contributed by atoms with Gasteiger partial charge in [0.05, 0.1) is 16.2 Å². The van der Waals surface area contributed by atoms with Crippen molar-refractivity contribution in [1.82, 2.24) is 5.16 Å². The Morgan fingerprint density at radius 1 is 1.04 bits per heavy atom. The zero-order valence-electron chi connectivity index (χ0n) is 14.3. The molecule has 0 unspecified atom stereocenters. The van der Waals surface area contributed by atoms with Gasteiger partial charge in [-0.15, -0.1) is 0 Å². The van der Waals surface area contributed by atoms with Gasteiger partial charge in [-0.05, 0) is 43.7 Å². The Hall–Kier alpha value is -2.81. The van der Waals surface area contributed by atoms with Gasteiger partial charge in [0.25, 0.3) is 10.0 Å². The average Bonchev–Trinajstić information content (AvgIpc) is 3.00. The van der Waals surface area contributed by atoms with Crippen LogP contribution in [0.5, 0.6) is 0 Å². The second-order valence-electron chi connectivity index (χ2n) is 6.00. The van der Waals surface area contributed by atoms with Crippen LogP contribution in [0.1, 0.15) is 16.8 Å². The third-order valence-corrected chi connectivity index (χ3v) is 5.36. The summed E-state index contributed by atoms with van der Waals surface area (Å²) in [5.74, 6) is 0.392. The Morgan fingerprint density at radius 3 is 2.41 bits per heavy atom. The van der Waals surface area contributed by atoms with Gasteiger partial charge in [-0.3, -0.25) is 4.72 Å². The molecular weight excluding hydrogens is 381 g/mol. The summed E-state index contributed by atoms with van der Waals surface area (Å²) >= 11 is 0. The molecular formula is C18H15F3N2O3S. The van der Waals surface area contributed by atoms with Gasteiger partial charge in [-0.1, -0.05) is 23.4 Å². The van der Waals surface area contributed by atoms with E-state index in [1.807, 2.05) is 0 Å². The van der Waals surface area contributed by atoms with E-state index in [9.17, 15) is 21.6 Å². The highest BCUT2D eigenvalue weighted by Crippen LogP contribution is 2.32. The van der Waals surface area contributed by atoms with Gasteiger partial charge >= 0.3 is 6.18 Å². The molecule has 0 fully saturated rings. The van der Waals surface area contributed by atoms with Crippen LogP contribution in [-0.2, 0) is 16.2 Å². The largest absolute Gasteiger partial charge is 0.416 e. The molecule has 2 aromatic carbocycles. The fourth-order valence-electron chi connectivity index (χ4n) is 2.51. The van der Waals surface area contributed by atoms with Gasteiger partial charge in [-0.25, -0.2) is 8.42 Å². The number of halogens is 3. The van der Waals surface area contributed by atoms with E-state index in [2.05, 4.69) is 9.88 Å². The van der Waals surface area contributed by atoms with Crippen molar-refractivity contribution >= 4 is 15.7 Å². The molecule has 0 saturated carbocycles. The predicted octanol–water partition coefficient (Wildman–Crippen LogP) is 4.78. The second kappa shape index (κ2) is 6.73. The van der Waals surface area contributed by atoms with Crippen LogP contribution in [0.2, 0.25) is 0 Å². The predicted molar refractivity (Wildman–Crippen MR) is 93.7 cm³/mol. The number of nitrogens with zero attached hydrogens (tertiary/aromatic N) is 1. The van der Waals surface area contributed by atoms with Crippen molar-refractivity contribution in [2.24, 2.45) is 0 Å². The third-order valence-electron chi connectivity index (χ3n) is 3.83. The van der Waals surface area contributed by atoms with Gasteiger partial charge < -0.3 is 4.52 Å². The molecule has 27 heavy (non-hydrogen) atoms. The first kappa shape index (κ1) is 19.0. The Morgan fingerprint density at radius 2 is 1.78 bits per heavy atom. The number of hydrogen-bond acceptors (Lipinski definition) is 4. The maximum Gasteiger partial charge on any atom is 0.416 e. The van der Waals surface area contributed by atoms with E-state index in [1.54, 1.807) is 32.0 Å². The number of benzene rings is 2. The summed E-state index contributed by atoms with van der Waals surface area (Å²) in [6.45, 7) is 3.32. The molecule has 0 radical (unpaired) electrons.